The summed E-state index contributed by atoms with van der Waals surface area (Å²) in [6.07, 6.45) is 1.14. The number of nitrogen functional groups attached to an aromatic ring is 1. The minimum atomic E-state index is 0.344. The predicted octanol–water partition coefficient (Wildman–Crippen LogP) is 0.752. The molecule has 0 saturated heterocycles. The van der Waals surface area contributed by atoms with Crippen LogP contribution in [0.15, 0.2) is 4.60 Å². The lowest BCUT2D eigenvalue weighted by Gasteiger charge is -1.83. The Hall–Kier alpha value is -0.840. The molecule has 5 heteroatoms. The zero-order valence-electron chi connectivity index (χ0n) is 4.48. The Labute approximate surface area is 60.1 Å². The number of anilines is 1. The summed E-state index contributed by atoms with van der Waals surface area (Å²) < 4.78 is 0.648. The number of nitrogens with two attached hydrogens (primary N) is 1. The van der Waals surface area contributed by atoms with Crippen molar-refractivity contribution in [3.05, 3.63) is 10.2 Å². The molecule has 0 spiro atoms. The maximum atomic E-state index is 6.85. The normalized spacial score (nSPS) is 9.44. The van der Waals surface area contributed by atoms with Crippen molar-refractivity contribution in [1.29, 1.82) is 5.41 Å². The predicted molar refractivity (Wildman–Crippen MR) is 38.6 cm³/mol. The molecule has 4 N–H and O–H groups in total. The number of nitrogens with zero attached hydrogens (tertiary/aromatic N) is 1. The Balaban J connectivity index is 3.22. The van der Waals surface area contributed by atoms with E-state index in [-0.39, 0.29) is 0 Å². The van der Waals surface area contributed by atoms with Gasteiger partial charge >= 0.3 is 0 Å². The highest BCUT2D eigenvalue weighted by molar-refractivity contribution is 9.10. The minimum absolute atomic E-state index is 0.344. The fourth-order valence-corrected chi connectivity index (χ4v) is 0.886. The summed E-state index contributed by atoms with van der Waals surface area (Å²) >= 11 is 3.13. The van der Waals surface area contributed by atoms with Crippen LogP contribution in [0.2, 0.25) is 0 Å². The van der Waals surface area contributed by atoms with Crippen LogP contribution in [0.1, 0.15) is 5.56 Å². The molecule has 0 unspecified atom stereocenters. The van der Waals surface area contributed by atoms with Gasteiger partial charge in [-0.2, -0.15) is 5.10 Å². The lowest BCUT2D eigenvalue weighted by Crippen LogP contribution is -1.88. The fourth-order valence-electron chi connectivity index (χ4n) is 0.480. The van der Waals surface area contributed by atoms with Crippen molar-refractivity contribution in [3.63, 3.8) is 0 Å². The summed E-state index contributed by atoms with van der Waals surface area (Å²) in [6.45, 7) is 0. The van der Waals surface area contributed by atoms with E-state index in [1.807, 2.05) is 0 Å². The maximum Gasteiger partial charge on any atom is 0.155 e. The number of hydrogen-bond acceptors (Lipinski definition) is 3. The highest BCUT2D eigenvalue weighted by atomic mass is 79.9. The van der Waals surface area contributed by atoms with Crippen molar-refractivity contribution in [2.75, 3.05) is 5.73 Å². The Kier molecular flexibility index (Phi) is 1.52. The zero-order chi connectivity index (χ0) is 6.85. The van der Waals surface area contributed by atoms with Gasteiger partial charge in [0.1, 0.15) is 4.60 Å². The molecule has 0 aliphatic carbocycles. The second-order valence-electron chi connectivity index (χ2n) is 1.48. The second kappa shape index (κ2) is 2.18. The molecular weight excluding hydrogens is 184 g/mol. The van der Waals surface area contributed by atoms with Gasteiger partial charge in [0.2, 0.25) is 0 Å². The third-order valence-electron chi connectivity index (χ3n) is 0.931. The van der Waals surface area contributed by atoms with Gasteiger partial charge in [0.05, 0.1) is 5.56 Å². The highest BCUT2D eigenvalue weighted by Crippen LogP contribution is 2.15. The van der Waals surface area contributed by atoms with E-state index in [0.29, 0.717) is 16.0 Å². The van der Waals surface area contributed by atoms with Crippen LogP contribution in [0, 0.1) is 5.41 Å². The van der Waals surface area contributed by atoms with Gasteiger partial charge in [-0.3, -0.25) is 5.10 Å². The molecule has 0 aliphatic heterocycles. The van der Waals surface area contributed by atoms with E-state index in [1.165, 1.54) is 0 Å². The summed E-state index contributed by atoms with van der Waals surface area (Å²) in [7, 11) is 0. The number of aromatic nitrogens is 2. The van der Waals surface area contributed by atoms with Crippen LogP contribution in [0.3, 0.4) is 0 Å². The largest absolute Gasteiger partial charge is 0.382 e. The molecule has 0 saturated carbocycles. The smallest absolute Gasteiger partial charge is 0.155 e. The average molecular weight is 189 g/mol. The van der Waals surface area contributed by atoms with Crippen LogP contribution in [0.5, 0.6) is 0 Å². The van der Waals surface area contributed by atoms with Crippen LogP contribution in [-0.4, -0.2) is 16.4 Å². The SMILES string of the molecule is N=Cc1c(N)n[nH]c1Br. The number of hydrogen-bond donors (Lipinski definition) is 3. The van der Waals surface area contributed by atoms with Gasteiger partial charge in [-0.15, -0.1) is 0 Å². The molecule has 0 fully saturated rings. The first-order valence-corrected chi connectivity index (χ1v) is 3.05. The van der Waals surface area contributed by atoms with Gasteiger partial charge in [-0.25, -0.2) is 0 Å². The quantitative estimate of drug-likeness (QED) is 0.570. The van der Waals surface area contributed by atoms with Crippen LogP contribution in [0.4, 0.5) is 5.82 Å². The highest BCUT2D eigenvalue weighted by Gasteiger charge is 2.02. The number of halogens is 1. The van der Waals surface area contributed by atoms with Crippen molar-refractivity contribution < 1.29 is 0 Å². The molecule has 0 bridgehead atoms. The van der Waals surface area contributed by atoms with E-state index in [2.05, 4.69) is 26.1 Å². The minimum Gasteiger partial charge on any atom is -0.382 e. The second-order valence-corrected chi connectivity index (χ2v) is 2.27. The number of aromatic amines is 1. The molecule has 1 heterocycles. The summed E-state index contributed by atoms with van der Waals surface area (Å²) in [5.74, 6) is 0.344. The van der Waals surface area contributed by atoms with Gasteiger partial charge in [-0.05, 0) is 15.9 Å². The maximum absolute atomic E-state index is 6.85. The van der Waals surface area contributed by atoms with Gasteiger partial charge in [0, 0.05) is 6.21 Å². The van der Waals surface area contributed by atoms with Crippen LogP contribution < -0.4 is 5.73 Å². The summed E-state index contributed by atoms with van der Waals surface area (Å²) in [5, 5.41) is 13.1. The third kappa shape index (κ3) is 0.951. The van der Waals surface area contributed by atoms with Gasteiger partial charge in [0.25, 0.3) is 0 Å². The Morgan fingerprint density at radius 1 is 1.78 bits per heavy atom. The standard InChI is InChI=1S/C4H5BrN4/c5-3-2(1-6)4(7)9-8-3/h1,6H,(H3,7,8,9). The first kappa shape index (κ1) is 6.28. The summed E-state index contributed by atoms with van der Waals surface area (Å²) in [4.78, 5) is 0. The summed E-state index contributed by atoms with van der Waals surface area (Å²) in [5.41, 5.74) is 5.92. The van der Waals surface area contributed by atoms with Crippen molar-refractivity contribution >= 4 is 28.0 Å². The molecule has 0 aromatic carbocycles. The van der Waals surface area contributed by atoms with Gasteiger partial charge < -0.3 is 11.1 Å². The van der Waals surface area contributed by atoms with E-state index in [0.717, 1.165) is 6.21 Å². The molecule has 0 atom stereocenters. The molecule has 0 radical (unpaired) electrons. The van der Waals surface area contributed by atoms with Crippen molar-refractivity contribution in [2.45, 2.75) is 0 Å². The lowest BCUT2D eigenvalue weighted by molar-refractivity contribution is 1.08. The van der Waals surface area contributed by atoms with E-state index in [9.17, 15) is 0 Å². The molecule has 1 rings (SSSR count). The molecule has 1 aromatic heterocycles. The first-order chi connectivity index (χ1) is 4.25. The molecular formula is C4H5BrN4. The zero-order valence-corrected chi connectivity index (χ0v) is 6.07. The molecule has 1 aromatic rings. The number of nitrogens with one attached hydrogen (secondary N) is 2. The average Bonchev–Trinajstić information content (AvgIpc) is 2.12. The molecule has 9 heavy (non-hydrogen) atoms. The third-order valence-corrected chi connectivity index (χ3v) is 1.54. The van der Waals surface area contributed by atoms with Gasteiger partial charge in [-0.1, -0.05) is 0 Å². The Bertz CT molecular complexity index is 209. The molecule has 0 aliphatic rings. The summed E-state index contributed by atoms with van der Waals surface area (Å²) in [6, 6.07) is 0. The van der Waals surface area contributed by atoms with Crippen molar-refractivity contribution in [2.24, 2.45) is 0 Å². The van der Waals surface area contributed by atoms with Gasteiger partial charge in [0.15, 0.2) is 5.82 Å². The van der Waals surface area contributed by atoms with E-state index in [4.69, 9.17) is 11.1 Å². The monoisotopic (exact) mass is 188 g/mol. The first-order valence-electron chi connectivity index (χ1n) is 2.25. The van der Waals surface area contributed by atoms with Crippen molar-refractivity contribution in [3.8, 4) is 0 Å². The number of H-pyrrole nitrogens is 1. The lowest BCUT2D eigenvalue weighted by atomic mass is 10.4. The van der Waals surface area contributed by atoms with Crippen molar-refractivity contribution in [1.82, 2.24) is 10.2 Å². The van der Waals surface area contributed by atoms with Crippen LogP contribution >= 0.6 is 15.9 Å². The Morgan fingerprint density at radius 3 is 2.67 bits per heavy atom. The van der Waals surface area contributed by atoms with Crippen LogP contribution in [-0.2, 0) is 0 Å². The van der Waals surface area contributed by atoms with E-state index < -0.39 is 0 Å². The molecule has 0 amide bonds. The van der Waals surface area contributed by atoms with Crippen LogP contribution in [0.25, 0.3) is 0 Å². The number of rotatable bonds is 1. The molecule has 4 nitrogen and oxygen atoms in total. The topological polar surface area (TPSA) is 78.6 Å². The van der Waals surface area contributed by atoms with E-state index >= 15 is 0 Å². The molecule has 48 valence electrons. The Morgan fingerprint density at radius 2 is 2.44 bits per heavy atom. The van der Waals surface area contributed by atoms with E-state index in [1.54, 1.807) is 0 Å². The fraction of sp³-hybridized carbons (Fsp3) is 0.